The average Bonchev–Trinajstić information content (AvgIpc) is 3.47. The summed E-state index contributed by atoms with van der Waals surface area (Å²) in [5.41, 5.74) is 1.65. The molecule has 1 saturated heterocycles. The van der Waals surface area contributed by atoms with Crippen LogP contribution >= 0.6 is 11.3 Å². The monoisotopic (exact) mass is 486 g/mol. The number of hydrogen-bond donors (Lipinski definition) is 1. The Morgan fingerprint density at radius 3 is 2.76 bits per heavy atom. The number of sulfonamides is 1. The summed E-state index contributed by atoms with van der Waals surface area (Å²) in [6.07, 6.45) is 4.61. The van der Waals surface area contributed by atoms with Crippen LogP contribution in [-0.4, -0.2) is 41.9 Å². The highest BCUT2D eigenvalue weighted by atomic mass is 32.2. The zero-order valence-electron chi connectivity index (χ0n) is 18.1. The van der Waals surface area contributed by atoms with Gasteiger partial charge >= 0.3 is 0 Å². The molecule has 3 heterocycles. The van der Waals surface area contributed by atoms with Crippen molar-refractivity contribution in [1.29, 1.82) is 0 Å². The molecular weight excluding hydrogens is 460 g/mol. The van der Waals surface area contributed by atoms with Crippen LogP contribution in [0.15, 0.2) is 50.5 Å². The standard InChI is InChI=1S/C23H26N4O4S2/c28-22(24-13-16-6-2-1-3-7-16)18-10-5-11-27(14-18)33(29,30)20-12-19(15-32-20)21-25-23(31-26-21)17-8-4-9-17/h1-3,6-7,12,15,17-18H,4-5,8-11,13-14H2,(H,24,28). The summed E-state index contributed by atoms with van der Waals surface area (Å²) >= 11 is 1.15. The van der Waals surface area contributed by atoms with Gasteiger partial charge in [0.05, 0.1) is 5.92 Å². The molecule has 0 radical (unpaired) electrons. The Balaban J connectivity index is 1.24. The molecule has 0 bridgehead atoms. The van der Waals surface area contributed by atoms with Crippen molar-refractivity contribution < 1.29 is 17.7 Å². The third-order valence-corrected chi connectivity index (χ3v) is 9.67. The van der Waals surface area contributed by atoms with E-state index in [1.807, 2.05) is 30.3 Å². The molecule has 3 aromatic rings. The largest absolute Gasteiger partial charge is 0.352 e. The lowest BCUT2D eigenvalue weighted by molar-refractivity contribution is -0.126. The van der Waals surface area contributed by atoms with Crippen LogP contribution in [0.2, 0.25) is 0 Å². The van der Waals surface area contributed by atoms with Crippen LogP contribution in [0.25, 0.3) is 11.4 Å². The van der Waals surface area contributed by atoms with Crippen molar-refractivity contribution in [2.45, 2.75) is 48.8 Å². The Kier molecular flexibility index (Phi) is 6.31. The Labute approximate surface area is 197 Å². The minimum Gasteiger partial charge on any atom is -0.352 e. The molecule has 0 spiro atoms. The Hall–Kier alpha value is -2.56. The van der Waals surface area contributed by atoms with Gasteiger partial charge < -0.3 is 9.84 Å². The molecule has 1 unspecified atom stereocenters. The minimum atomic E-state index is -3.70. The van der Waals surface area contributed by atoms with Gasteiger partial charge in [-0.2, -0.15) is 9.29 Å². The summed E-state index contributed by atoms with van der Waals surface area (Å²) in [7, 11) is -3.70. The SMILES string of the molecule is O=C(NCc1ccccc1)C1CCCN(S(=O)(=O)c2cc(-c3noc(C4CCC4)n3)cs2)C1. The van der Waals surface area contributed by atoms with Gasteiger partial charge in [-0.05, 0) is 37.3 Å². The van der Waals surface area contributed by atoms with E-state index in [1.54, 1.807) is 11.4 Å². The van der Waals surface area contributed by atoms with Gasteiger partial charge in [0.25, 0.3) is 10.0 Å². The summed E-state index contributed by atoms with van der Waals surface area (Å²) < 4.78 is 33.6. The van der Waals surface area contributed by atoms with Gasteiger partial charge in [0.15, 0.2) is 0 Å². The normalized spacial score (nSPS) is 19.8. The summed E-state index contributed by atoms with van der Waals surface area (Å²) in [6, 6.07) is 11.3. The van der Waals surface area contributed by atoms with Gasteiger partial charge in [-0.3, -0.25) is 4.79 Å². The lowest BCUT2D eigenvalue weighted by atomic mass is 9.85. The molecule has 174 valence electrons. The van der Waals surface area contributed by atoms with Crippen molar-refractivity contribution in [2.24, 2.45) is 5.92 Å². The highest BCUT2D eigenvalue weighted by Gasteiger charge is 2.34. The van der Waals surface area contributed by atoms with E-state index in [0.29, 0.717) is 49.1 Å². The van der Waals surface area contributed by atoms with Gasteiger partial charge in [0.2, 0.25) is 17.6 Å². The van der Waals surface area contributed by atoms with Gasteiger partial charge in [0.1, 0.15) is 4.21 Å². The number of carbonyl (C=O) groups is 1. The number of amides is 1. The second-order valence-electron chi connectivity index (χ2n) is 8.64. The number of thiophene rings is 1. The first-order chi connectivity index (χ1) is 16.0. The summed E-state index contributed by atoms with van der Waals surface area (Å²) in [4.78, 5) is 17.2. The number of piperidine rings is 1. The fraction of sp³-hybridized carbons (Fsp3) is 0.435. The van der Waals surface area contributed by atoms with Crippen LogP contribution in [0.3, 0.4) is 0 Å². The summed E-state index contributed by atoms with van der Waals surface area (Å²) in [6.45, 7) is 1.03. The van der Waals surface area contributed by atoms with Gasteiger partial charge in [-0.15, -0.1) is 11.3 Å². The Morgan fingerprint density at radius 2 is 2.00 bits per heavy atom. The van der Waals surface area contributed by atoms with E-state index in [1.165, 1.54) is 10.7 Å². The predicted molar refractivity (Wildman–Crippen MR) is 124 cm³/mol. The maximum Gasteiger partial charge on any atom is 0.252 e. The van der Waals surface area contributed by atoms with Crippen molar-refractivity contribution in [2.75, 3.05) is 13.1 Å². The fourth-order valence-corrected chi connectivity index (χ4v) is 7.01. The first-order valence-electron chi connectivity index (χ1n) is 11.2. The highest BCUT2D eigenvalue weighted by molar-refractivity contribution is 7.91. The highest BCUT2D eigenvalue weighted by Crippen LogP contribution is 2.37. The van der Waals surface area contributed by atoms with Crippen LogP contribution in [0.5, 0.6) is 0 Å². The molecular formula is C23H26N4O4S2. The van der Waals surface area contributed by atoms with Crippen LogP contribution in [0.4, 0.5) is 0 Å². The van der Waals surface area contributed by atoms with Gasteiger partial charge in [-0.1, -0.05) is 41.9 Å². The molecule has 1 N–H and O–H groups in total. The molecule has 2 aliphatic rings. The number of rotatable bonds is 7. The zero-order valence-corrected chi connectivity index (χ0v) is 19.8. The molecule has 5 rings (SSSR count). The smallest absolute Gasteiger partial charge is 0.252 e. The molecule has 1 aliphatic heterocycles. The van der Waals surface area contributed by atoms with Crippen LogP contribution in [0, 0.1) is 5.92 Å². The minimum absolute atomic E-state index is 0.110. The first-order valence-corrected chi connectivity index (χ1v) is 13.6. The van der Waals surface area contributed by atoms with Crippen molar-refractivity contribution >= 4 is 27.3 Å². The number of aromatic nitrogens is 2. The zero-order chi connectivity index (χ0) is 22.8. The number of nitrogens with zero attached hydrogens (tertiary/aromatic N) is 3. The van der Waals surface area contributed by atoms with E-state index in [2.05, 4.69) is 15.5 Å². The lowest BCUT2D eigenvalue weighted by Crippen LogP contribution is -2.45. The molecule has 1 amide bonds. The second kappa shape index (κ2) is 9.36. The second-order valence-corrected chi connectivity index (χ2v) is 11.7. The van der Waals surface area contributed by atoms with Crippen molar-refractivity contribution in [3.05, 3.63) is 53.2 Å². The molecule has 33 heavy (non-hydrogen) atoms. The quantitative estimate of drug-likeness (QED) is 0.545. The van der Waals surface area contributed by atoms with Gasteiger partial charge in [-0.25, -0.2) is 8.42 Å². The van der Waals surface area contributed by atoms with E-state index in [4.69, 9.17) is 4.52 Å². The van der Waals surface area contributed by atoms with Crippen molar-refractivity contribution in [3.63, 3.8) is 0 Å². The van der Waals surface area contributed by atoms with Crippen LogP contribution in [-0.2, 0) is 21.4 Å². The maximum atomic E-state index is 13.3. The van der Waals surface area contributed by atoms with Gasteiger partial charge in [0, 0.05) is 36.5 Å². The third kappa shape index (κ3) is 4.73. The van der Waals surface area contributed by atoms with Crippen LogP contribution in [0.1, 0.15) is 49.5 Å². The Morgan fingerprint density at radius 1 is 1.18 bits per heavy atom. The molecule has 8 nitrogen and oxygen atoms in total. The predicted octanol–water partition coefficient (Wildman–Crippen LogP) is 3.78. The third-order valence-electron chi connectivity index (χ3n) is 6.39. The summed E-state index contributed by atoms with van der Waals surface area (Å²) in [5, 5.41) is 8.73. The number of hydrogen-bond acceptors (Lipinski definition) is 7. The number of benzene rings is 1. The molecule has 1 aliphatic carbocycles. The fourth-order valence-electron chi connectivity index (χ4n) is 4.17. The Bertz CT molecular complexity index is 1220. The number of nitrogens with one attached hydrogen (secondary N) is 1. The molecule has 1 atom stereocenters. The van der Waals surface area contributed by atoms with E-state index < -0.39 is 10.0 Å². The van der Waals surface area contributed by atoms with E-state index >= 15 is 0 Å². The first kappa shape index (κ1) is 22.2. The maximum absolute atomic E-state index is 13.3. The lowest BCUT2D eigenvalue weighted by Gasteiger charge is -2.30. The van der Waals surface area contributed by atoms with Crippen molar-refractivity contribution in [3.8, 4) is 11.4 Å². The van der Waals surface area contributed by atoms with E-state index in [9.17, 15) is 13.2 Å². The molecule has 1 aromatic carbocycles. The molecule has 1 saturated carbocycles. The average molecular weight is 487 g/mol. The van der Waals surface area contributed by atoms with E-state index in [-0.39, 0.29) is 22.6 Å². The molecule has 2 aromatic heterocycles. The topological polar surface area (TPSA) is 105 Å². The molecule has 2 fully saturated rings. The number of carbonyl (C=O) groups excluding carboxylic acids is 1. The van der Waals surface area contributed by atoms with Crippen LogP contribution < -0.4 is 5.32 Å². The van der Waals surface area contributed by atoms with Crippen molar-refractivity contribution in [1.82, 2.24) is 19.8 Å². The molecule has 10 heteroatoms. The van der Waals surface area contributed by atoms with E-state index in [0.717, 1.165) is 29.7 Å². The summed E-state index contributed by atoms with van der Waals surface area (Å²) in [5.74, 6) is 0.907.